The van der Waals surface area contributed by atoms with Crippen LogP contribution in [0.25, 0.3) is 0 Å². The first-order valence-electron chi connectivity index (χ1n) is 8.44. The van der Waals surface area contributed by atoms with Crippen molar-refractivity contribution < 1.29 is 14.4 Å². The van der Waals surface area contributed by atoms with E-state index in [2.05, 4.69) is 21.2 Å². The van der Waals surface area contributed by atoms with E-state index in [1.807, 2.05) is 0 Å². The van der Waals surface area contributed by atoms with Crippen LogP contribution < -0.4 is 16.1 Å². The highest BCUT2D eigenvalue weighted by molar-refractivity contribution is 6.01. The maximum atomic E-state index is 12.0. The fourth-order valence-electron chi connectivity index (χ4n) is 2.74. The van der Waals surface area contributed by atoms with Gasteiger partial charge in [0.25, 0.3) is 5.91 Å². The van der Waals surface area contributed by atoms with Gasteiger partial charge >= 0.3 is 0 Å². The molecular weight excluding hydrogens is 320 g/mol. The molecule has 7 heteroatoms. The molecule has 1 aliphatic carbocycles. The summed E-state index contributed by atoms with van der Waals surface area (Å²) >= 11 is 0. The Balaban J connectivity index is 1.81. The molecule has 2 rings (SSSR count). The minimum Gasteiger partial charge on any atom is -0.353 e. The number of hydrazone groups is 1. The molecule has 0 saturated heterocycles. The first kappa shape index (κ1) is 18.6. The Bertz CT molecular complexity index is 661. The van der Waals surface area contributed by atoms with Gasteiger partial charge in [-0.2, -0.15) is 5.10 Å². The lowest BCUT2D eigenvalue weighted by Crippen LogP contribution is -2.33. The molecule has 0 spiro atoms. The van der Waals surface area contributed by atoms with Crippen molar-refractivity contribution >= 4 is 29.1 Å². The summed E-state index contributed by atoms with van der Waals surface area (Å²) in [5.41, 5.74) is 4.02. The van der Waals surface area contributed by atoms with E-state index in [1.54, 1.807) is 31.2 Å². The molecule has 25 heavy (non-hydrogen) atoms. The molecule has 0 aromatic heterocycles. The number of hydrogen-bond acceptors (Lipinski definition) is 4. The van der Waals surface area contributed by atoms with Crippen LogP contribution >= 0.6 is 0 Å². The van der Waals surface area contributed by atoms with Gasteiger partial charge in [-0.15, -0.1) is 0 Å². The zero-order valence-corrected chi connectivity index (χ0v) is 14.6. The fraction of sp³-hybridized carbons (Fsp3) is 0.444. The third-order valence-corrected chi connectivity index (χ3v) is 3.95. The average molecular weight is 344 g/mol. The van der Waals surface area contributed by atoms with Crippen LogP contribution in [0.15, 0.2) is 29.4 Å². The van der Waals surface area contributed by atoms with E-state index < -0.39 is 0 Å². The van der Waals surface area contributed by atoms with Crippen molar-refractivity contribution in [2.75, 3.05) is 5.32 Å². The van der Waals surface area contributed by atoms with E-state index in [9.17, 15) is 14.4 Å². The van der Waals surface area contributed by atoms with E-state index in [4.69, 9.17) is 0 Å². The van der Waals surface area contributed by atoms with Crippen molar-refractivity contribution in [1.82, 2.24) is 10.7 Å². The molecule has 1 fully saturated rings. The number of rotatable bonds is 6. The van der Waals surface area contributed by atoms with Gasteiger partial charge in [-0.3, -0.25) is 14.4 Å². The van der Waals surface area contributed by atoms with Gasteiger partial charge in [0.2, 0.25) is 11.8 Å². The lowest BCUT2D eigenvalue weighted by molar-refractivity contribution is -0.120. The highest BCUT2D eigenvalue weighted by Crippen LogP contribution is 2.17. The molecule has 1 aromatic rings. The van der Waals surface area contributed by atoms with Crippen molar-refractivity contribution in [2.45, 2.75) is 52.0 Å². The van der Waals surface area contributed by atoms with E-state index in [0.29, 0.717) is 17.0 Å². The molecule has 0 radical (unpaired) electrons. The first-order chi connectivity index (χ1) is 11.9. The third kappa shape index (κ3) is 6.37. The molecule has 0 bridgehead atoms. The van der Waals surface area contributed by atoms with Gasteiger partial charge in [0.05, 0.1) is 6.42 Å². The molecule has 1 saturated carbocycles. The number of benzene rings is 1. The summed E-state index contributed by atoms with van der Waals surface area (Å²) in [6, 6.07) is 6.75. The van der Waals surface area contributed by atoms with Crippen molar-refractivity contribution in [1.29, 1.82) is 0 Å². The van der Waals surface area contributed by atoms with Crippen molar-refractivity contribution in [3.8, 4) is 0 Å². The second-order valence-corrected chi connectivity index (χ2v) is 6.27. The Morgan fingerprint density at radius 3 is 2.32 bits per heavy atom. The van der Waals surface area contributed by atoms with Crippen LogP contribution in [-0.2, 0) is 9.59 Å². The van der Waals surface area contributed by atoms with E-state index in [0.717, 1.165) is 25.7 Å². The Hall–Kier alpha value is -2.70. The lowest BCUT2D eigenvalue weighted by Gasteiger charge is -2.11. The molecule has 0 atom stereocenters. The summed E-state index contributed by atoms with van der Waals surface area (Å²) in [7, 11) is 0. The molecule has 0 unspecified atom stereocenters. The summed E-state index contributed by atoms with van der Waals surface area (Å²) in [5.74, 6) is -0.611. The molecule has 3 N–H and O–H groups in total. The van der Waals surface area contributed by atoms with Gasteiger partial charge < -0.3 is 10.6 Å². The first-order valence-corrected chi connectivity index (χ1v) is 8.44. The molecule has 0 aliphatic heterocycles. The summed E-state index contributed by atoms with van der Waals surface area (Å²) in [6.45, 7) is 3.12. The van der Waals surface area contributed by atoms with Crippen molar-refractivity contribution in [2.24, 2.45) is 5.10 Å². The quantitative estimate of drug-likeness (QED) is 0.545. The van der Waals surface area contributed by atoms with Crippen LogP contribution in [0.1, 0.15) is 56.3 Å². The number of nitrogens with one attached hydrogen (secondary N) is 3. The van der Waals surface area contributed by atoms with Crippen LogP contribution in [0.3, 0.4) is 0 Å². The van der Waals surface area contributed by atoms with Crippen LogP contribution in [0.5, 0.6) is 0 Å². The normalized spacial score (nSPS) is 14.9. The lowest BCUT2D eigenvalue weighted by atomic mass is 10.2. The van der Waals surface area contributed by atoms with Crippen LogP contribution in [0.2, 0.25) is 0 Å². The number of hydrogen-bond donors (Lipinski definition) is 3. The predicted octanol–water partition coefficient (Wildman–Crippen LogP) is 2.20. The molecule has 134 valence electrons. The van der Waals surface area contributed by atoms with Gasteiger partial charge in [0.15, 0.2) is 0 Å². The molecular formula is C18H24N4O3. The second-order valence-electron chi connectivity index (χ2n) is 6.27. The van der Waals surface area contributed by atoms with Crippen molar-refractivity contribution in [3.63, 3.8) is 0 Å². The number of carbonyl (C=O) groups excluding carboxylic acids is 3. The van der Waals surface area contributed by atoms with Gasteiger partial charge in [0, 0.05) is 29.9 Å². The molecule has 1 aliphatic rings. The average Bonchev–Trinajstić information content (AvgIpc) is 3.05. The molecule has 0 heterocycles. The Labute approximate surface area is 147 Å². The number of anilines is 1. The summed E-state index contributed by atoms with van der Waals surface area (Å²) in [4.78, 5) is 34.9. The Morgan fingerprint density at radius 2 is 1.72 bits per heavy atom. The van der Waals surface area contributed by atoms with Crippen LogP contribution in [-0.4, -0.2) is 29.5 Å². The van der Waals surface area contributed by atoms with Crippen molar-refractivity contribution in [3.05, 3.63) is 29.8 Å². The van der Waals surface area contributed by atoms with Crippen LogP contribution in [0, 0.1) is 0 Å². The zero-order valence-electron chi connectivity index (χ0n) is 14.6. The highest BCUT2D eigenvalue weighted by atomic mass is 16.2. The predicted molar refractivity (Wildman–Crippen MR) is 96.3 cm³/mol. The molecule has 7 nitrogen and oxygen atoms in total. The zero-order chi connectivity index (χ0) is 18.2. The van der Waals surface area contributed by atoms with Gasteiger partial charge in [-0.1, -0.05) is 12.8 Å². The number of amides is 3. The van der Waals surface area contributed by atoms with Gasteiger partial charge in [-0.05, 0) is 44.0 Å². The minimum absolute atomic E-state index is 0.0675. The smallest absolute Gasteiger partial charge is 0.271 e. The fourth-order valence-corrected chi connectivity index (χ4v) is 2.74. The molecule has 3 amide bonds. The largest absolute Gasteiger partial charge is 0.353 e. The van der Waals surface area contributed by atoms with E-state index in [-0.39, 0.29) is 30.2 Å². The standard InChI is InChI=1S/C18H24N4O3/c1-12(11-17(24)20-15-5-3-4-6-15)21-22-18(25)14-7-9-16(10-8-14)19-13(2)23/h7-10,15H,3-6,11H2,1-2H3,(H,19,23)(H,20,24)(H,22,25). The minimum atomic E-state index is -0.370. The van der Waals surface area contributed by atoms with Gasteiger partial charge in [0.1, 0.15) is 0 Å². The maximum Gasteiger partial charge on any atom is 0.271 e. The second kappa shape index (κ2) is 8.96. The van der Waals surface area contributed by atoms with E-state index >= 15 is 0 Å². The maximum absolute atomic E-state index is 12.0. The topological polar surface area (TPSA) is 99.7 Å². The number of carbonyl (C=O) groups is 3. The monoisotopic (exact) mass is 344 g/mol. The Kier molecular flexibility index (Phi) is 6.68. The van der Waals surface area contributed by atoms with Gasteiger partial charge in [-0.25, -0.2) is 5.43 Å². The third-order valence-electron chi connectivity index (χ3n) is 3.95. The summed E-state index contributed by atoms with van der Waals surface area (Å²) in [5, 5.41) is 9.59. The SMILES string of the molecule is CC(=O)Nc1ccc(C(=O)NN=C(C)CC(=O)NC2CCCC2)cc1. The Morgan fingerprint density at radius 1 is 1.08 bits per heavy atom. The van der Waals surface area contributed by atoms with Crippen LogP contribution in [0.4, 0.5) is 5.69 Å². The summed E-state index contributed by atoms with van der Waals surface area (Å²) < 4.78 is 0. The van der Waals surface area contributed by atoms with E-state index in [1.165, 1.54) is 6.92 Å². The molecule has 1 aromatic carbocycles. The number of nitrogens with zero attached hydrogens (tertiary/aromatic N) is 1. The highest BCUT2D eigenvalue weighted by Gasteiger charge is 2.17. The summed E-state index contributed by atoms with van der Waals surface area (Å²) in [6.07, 6.45) is 4.56.